The number of rotatable bonds is 6. The Morgan fingerprint density at radius 1 is 1.28 bits per heavy atom. The zero-order chi connectivity index (χ0) is 12.8. The van der Waals surface area contributed by atoms with Gasteiger partial charge in [0.2, 0.25) is 0 Å². The van der Waals surface area contributed by atoms with E-state index in [1.165, 1.54) is 32.1 Å². The average Bonchev–Trinajstić information content (AvgIpc) is 2.90. The quantitative estimate of drug-likeness (QED) is 0.836. The first-order chi connectivity index (χ1) is 8.82. The Labute approximate surface area is 110 Å². The highest BCUT2D eigenvalue weighted by atomic mass is 15.0. The molecule has 0 saturated heterocycles. The molecule has 1 fully saturated rings. The van der Waals surface area contributed by atoms with Gasteiger partial charge >= 0.3 is 0 Å². The first-order valence-corrected chi connectivity index (χ1v) is 7.31. The maximum absolute atomic E-state index is 4.54. The third-order valence-corrected chi connectivity index (χ3v) is 4.39. The molecule has 0 aliphatic heterocycles. The van der Waals surface area contributed by atoms with E-state index in [-0.39, 0.29) is 0 Å². The molecule has 1 aromatic rings. The van der Waals surface area contributed by atoms with Crippen molar-refractivity contribution in [3.05, 3.63) is 24.3 Å². The molecule has 1 atom stereocenters. The average molecular weight is 247 g/mol. The van der Waals surface area contributed by atoms with Crippen molar-refractivity contribution in [2.75, 3.05) is 6.54 Å². The standard InChI is InChI=1S/C15H25N3/c1-3-9-18-14(13-12-16-10-11-17-13)15(4-2)7-5-6-8-15/h10-12,14,18H,3-9H2,1-2H3. The van der Waals surface area contributed by atoms with Gasteiger partial charge in [0.1, 0.15) is 0 Å². The van der Waals surface area contributed by atoms with Crippen molar-refractivity contribution in [1.29, 1.82) is 0 Å². The first kappa shape index (κ1) is 13.5. The van der Waals surface area contributed by atoms with Crippen molar-refractivity contribution in [2.24, 2.45) is 5.41 Å². The van der Waals surface area contributed by atoms with E-state index in [2.05, 4.69) is 29.1 Å². The van der Waals surface area contributed by atoms with E-state index in [4.69, 9.17) is 0 Å². The number of hydrogen-bond acceptors (Lipinski definition) is 3. The lowest BCUT2D eigenvalue weighted by Crippen LogP contribution is -2.37. The smallest absolute Gasteiger partial charge is 0.0761 e. The van der Waals surface area contributed by atoms with Gasteiger partial charge in [-0.3, -0.25) is 9.97 Å². The molecule has 1 aromatic heterocycles. The zero-order valence-electron chi connectivity index (χ0n) is 11.7. The molecule has 0 bridgehead atoms. The summed E-state index contributed by atoms with van der Waals surface area (Å²) in [5.41, 5.74) is 1.51. The Kier molecular flexibility index (Phi) is 4.70. The van der Waals surface area contributed by atoms with Crippen LogP contribution < -0.4 is 5.32 Å². The molecule has 0 amide bonds. The minimum Gasteiger partial charge on any atom is -0.308 e. The summed E-state index contributed by atoms with van der Waals surface area (Å²) < 4.78 is 0. The summed E-state index contributed by atoms with van der Waals surface area (Å²) in [4.78, 5) is 8.79. The van der Waals surface area contributed by atoms with Gasteiger partial charge in [0, 0.05) is 18.6 Å². The minimum atomic E-state index is 0.374. The van der Waals surface area contributed by atoms with E-state index in [1.807, 2.05) is 12.4 Å². The Balaban J connectivity index is 2.24. The molecule has 1 heterocycles. The van der Waals surface area contributed by atoms with Crippen molar-refractivity contribution in [2.45, 2.75) is 58.4 Å². The second-order valence-corrected chi connectivity index (χ2v) is 5.44. The van der Waals surface area contributed by atoms with Crippen LogP contribution in [0.3, 0.4) is 0 Å². The van der Waals surface area contributed by atoms with Crippen LogP contribution in [0.25, 0.3) is 0 Å². The molecular formula is C15H25N3. The van der Waals surface area contributed by atoms with Crippen molar-refractivity contribution in [3.63, 3.8) is 0 Å². The second-order valence-electron chi connectivity index (χ2n) is 5.44. The molecule has 1 N–H and O–H groups in total. The van der Waals surface area contributed by atoms with Crippen LogP contribution in [0.5, 0.6) is 0 Å². The van der Waals surface area contributed by atoms with Crippen LogP contribution in [-0.4, -0.2) is 16.5 Å². The van der Waals surface area contributed by atoms with Gasteiger partial charge in [0.25, 0.3) is 0 Å². The predicted octanol–water partition coefficient (Wildman–Crippen LogP) is 3.49. The highest BCUT2D eigenvalue weighted by molar-refractivity contribution is 5.10. The number of nitrogens with one attached hydrogen (secondary N) is 1. The molecule has 1 aliphatic rings. The molecule has 3 nitrogen and oxygen atoms in total. The minimum absolute atomic E-state index is 0.374. The highest BCUT2D eigenvalue weighted by Crippen LogP contribution is 2.49. The van der Waals surface area contributed by atoms with E-state index in [1.54, 1.807) is 6.20 Å². The monoisotopic (exact) mass is 247 g/mol. The van der Waals surface area contributed by atoms with E-state index < -0.39 is 0 Å². The van der Waals surface area contributed by atoms with Crippen molar-refractivity contribution in [1.82, 2.24) is 15.3 Å². The summed E-state index contributed by atoms with van der Waals surface area (Å²) in [5.74, 6) is 0. The normalized spacial score (nSPS) is 19.9. The first-order valence-electron chi connectivity index (χ1n) is 7.31. The van der Waals surface area contributed by atoms with E-state index in [0.29, 0.717) is 11.5 Å². The van der Waals surface area contributed by atoms with Crippen LogP contribution in [0, 0.1) is 5.41 Å². The largest absolute Gasteiger partial charge is 0.308 e. The second kappa shape index (κ2) is 6.28. The lowest BCUT2D eigenvalue weighted by Gasteiger charge is -2.37. The van der Waals surface area contributed by atoms with Gasteiger partial charge in [-0.25, -0.2) is 0 Å². The molecule has 0 spiro atoms. The Bertz CT molecular complexity index is 344. The molecule has 3 heteroatoms. The number of nitrogens with zero attached hydrogens (tertiary/aromatic N) is 2. The molecule has 18 heavy (non-hydrogen) atoms. The molecule has 1 unspecified atom stereocenters. The van der Waals surface area contributed by atoms with E-state index >= 15 is 0 Å². The van der Waals surface area contributed by atoms with Crippen LogP contribution >= 0.6 is 0 Å². The molecule has 0 aromatic carbocycles. The lowest BCUT2D eigenvalue weighted by atomic mass is 9.75. The fourth-order valence-electron chi connectivity index (χ4n) is 3.31. The van der Waals surface area contributed by atoms with Crippen LogP contribution in [0.15, 0.2) is 18.6 Å². The lowest BCUT2D eigenvalue weighted by molar-refractivity contribution is 0.183. The van der Waals surface area contributed by atoms with Crippen LogP contribution in [0.1, 0.15) is 64.1 Å². The summed E-state index contributed by atoms with van der Waals surface area (Å²) in [6, 6.07) is 0.374. The number of hydrogen-bond donors (Lipinski definition) is 1. The Morgan fingerprint density at radius 2 is 2.06 bits per heavy atom. The maximum atomic E-state index is 4.54. The van der Waals surface area contributed by atoms with E-state index in [0.717, 1.165) is 18.7 Å². The summed E-state index contributed by atoms with van der Waals surface area (Å²) in [5, 5.41) is 3.72. The Morgan fingerprint density at radius 3 is 2.61 bits per heavy atom. The summed E-state index contributed by atoms with van der Waals surface area (Å²) in [7, 11) is 0. The summed E-state index contributed by atoms with van der Waals surface area (Å²) in [6.07, 6.45) is 13.3. The van der Waals surface area contributed by atoms with Crippen molar-refractivity contribution < 1.29 is 0 Å². The van der Waals surface area contributed by atoms with Crippen molar-refractivity contribution in [3.8, 4) is 0 Å². The van der Waals surface area contributed by atoms with Gasteiger partial charge in [0.05, 0.1) is 11.7 Å². The predicted molar refractivity (Wildman–Crippen MR) is 74.3 cm³/mol. The fourth-order valence-corrected chi connectivity index (χ4v) is 3.31. The molecule has 1 aliphatic carbocycles. The fraction of sp³-hybridized carbons (Fsp3) is 0.733. The number of aromatic nitrogens is 2. The van der Waals surface area contributed by atoms with Gasteiger partial charge in [-0.1, -0.05) is 26.7 Å². The summed E-state index contributed by atoms with van der Waals surface area (Å²) in [6.45, 7) is 5.60. The van der Waals surface area contributed by atoms with Gasteiger partial charge in [-0.15, -0.1) is 0 Å². The SMILES string of the molecule is CCCNC(c1cnccn1)C1(CC)CCCC1. The van der Waals surface area contributed by atoms with Crippen molar-refractivity contribution >= 4 is 0 Å². The third-order valence-electron chi connectivity index (χ3n) is 4.39. The topological polar surface area (TPSA) is 37.8 Å². The summed E-state index contributed by atoms with van der Waals surface area (Å²) >= 11 is 0. The molecule has 0 radical (unpaired) electrons. The van der Waals surface area contributed by atoms with Crippen LogP contribution in [0.2, 0.25) is 0 Å². The van der Waals surface area contributed by atoms with Gasteiger partial charge in [0.15, 0.2) is 0 Å². The Hall–Kier alpha value is -0.960. The van der Waals surface area contributed by atoms with Gasteiger partial charge < -0.3 is 5.32 Å². The molecule has 1 saturated carbocycles. The van der Waals surface area contributed by atoms with E-state index in [9.17, 15) is 0 Å². The maximum Gasteiger partial charge on any atom is 0.0761 e. The third kappa shape index (κ3) is 2.72. The molecule has 2 rings (SSSR count). The highest BCUT2D eigenvalue weighted by Gasteiger charge is 2.40. The van der Waals surface area contributed by atoms with Gasteiger partial charge in [-0.2, -0.15) is 0 Å². The van der Waals surface area contributed by atoms with Crippen LogP contribution in [-0.2, 0) is 0 Å². The molecular weight excluding hydrogens is 222 g/mol. The zero-order valence-corrected chi connectivity index (χ0v) is 11.7. The molecule has 100 valence electrons. The van der Waals surface area contributed by atoms with Gasteiger partial charge in [-0.05, 0) is 37.6 Å². The van der Waals surface area contributed by atoms with Crippen LogP contribution in [0.4, 0.5) is 0 Å².